The highest BCUT2D eigenvalue weighted by Gasteiger charge is 2.38. The number of rotatable bonds is 6. The first-order chi connectivity index (χ1) is 12.6. The summed E-state index contributed by atoms with van der Waals surface area (Å²) in [6.07, 6.45) is -3.98. The van der Waals surface area contributed by atoms with Crippen LogP contribution in [0.25, 0.3) is 0 Å². The Bertz CT molecular complexity index is 857. The van der Waals surface area contributed by atoms with Gasteiger partial charge in [0.1, 0.15) is 5.03 Å². The molecule has 0 amide bonds. The van der Waals surface area contributed by atoms with Gasteiger partial charge in [0.25, 0.3) is 0 Å². The third-order valence-electron chi connectivity index (χ3n) is 3.12. The Morgan fingerprint density at radius 3 is 2.67 bits per heavy atom. The van der Waals surface area contributed by atoms with Gasteiger partial charge in [-0.2, -0.15) is 18.3 Å². The maximum atomic E-state index is 13.3. The molecule has 0 aliphatic rings. The number of aromatic nitrogens is 2. The molecular weight excluding hydrogens is 450 g/mol. The fourth-order valence-electron chi connectivity index (χ4n) is 1.95. The van der Waals surface area contributed by atoms with Crippen molar-refractivity contribution in [3.05, 3.63) is 46.1 Å². The van der Waals surface area contributed by atoms with Crippen LogP contribution in [-0.2, 0) is 28.6 Å². The maximum Gasteiger partial charge on any atom is 0.435 e. The van der Waals surface area contributed by atoms with E-state index in [0.29, 0.717) is 10.8 Å². The lowest BCUT2D eigenvalue weighted by molar-refractivity contribution is -0.141. The van der Waals surface area contributed by atoms with E-state index in [2.05, 4.69) is 15.1 Å². The highest BCUT2D eigenvalue weighted by molar-refractivity contribution is 7.98. The number of halogens is 6. The van der Waals surface area contributed by atoms with E-state index < -0.39 is 22.7 Å². The second-order valence-corrected chi connectivity index (χ2v) is 7.48. The van der Waals surface area contributed by atoms with Gasteiger partial charge >= 0.3 is 12.1 Å². The SMILES string of the molecule is Cn1nc(C(F)(F)F)c(C=NOC(=O)C(Cl)Cl)c1SCc1ccccc1Cl. The number of hydrogen-bond donors (Lipinski definition) is 0. The lowest BCUT2D eigenvalue weighted by Crippen LogP contribution is -2.11. The van der Waals surface area contributed by atoms with Crippen LogP contribution in [0.3, 0.4) is 0 Å². The van der Waals surface area contributed by atoms with Gasteiger partial charge in [-0.05, 0) is 11.6 Å². The summed E-state index contributed by atoms with van der Waals surface area (Å²) >= 11 is 17.7. The molecule has 1 heterocycles. The number of alkyl halides is 5. The first-order valence-electron chi connectivity index (χ1n) is 7.14. The van der Waals surface area contributed by atoms with Crippen molar-refractivity contribution in [2.75, 3.05) is 0 Å². The summed E-state index contributed by atoms with van der Waals surface area (Å²) in [5.41, 5.74) is -0.782. The topological polar surface area (TPSA) is 56.5 Å². The summed E-state index contributed by atoms with van der Waals surface area (Å²) in [6, 6.07) is 6.95. The van der Waals surface area contributed by atoms with E-state index in [4.69, 9.17) is 34.8 Å². The van der Waals surface area contributed by atoms with Crippen LogP contribution in [0.15, 0.2) is 34.4 Å². The van der Waals surface area contributed by atoms with Crippen molar-refractivity contribution < 1.29 is 22.8 Å². The first kappa shape index (κ1) is 21.9. The van der Waals surface area contributed by atoms with Crippen LogP contribution < -0.4 is 0 Å². The minimum atomic E-state index is -4.73. The molecule has 0 fully saturated rings. The summed E-state index contributed by atoms with van der Waals surface area (Å²) in [6.45, 7) is 0. The highest BCUT2D eigenvalue weighted by Crippen LogP contribution is 2.36. The molecular formula is C15H11Cl3F3N3O2S. The fraction of sp³-hybridized carbons (Fsp3) is 0.267. The fourth-order valence-corrected chi connectivity index (χ4v) is 3.39. The largest absolute Gasteiger partial charge is 0.435 e. The third kappa shape index (κ3) is 5.78. The van der Waals surface area contributed by atoms with Crippen molar-refractivity contribution in [3.8, 4) is 0 Å². The van der Waals surface area contributed by atoms with E-state index >= 15 is 0 Å². The quantitative estimate of drug-likeness (QED) is 0.199. The number of aryl methyl sites for hydroxylation is 1. The number of nitrogens with zero attached hydrogens (tertiary/aromatic N) is 3. The molecule has 27 heavy (non-hydrogen) atoms. The van der Waals surface area contributed by atoms with Crippen LogP contribution in [0.5, 0.6) is 0 Å². The molecule has 1 aromatic heterocycles. The Hall–Kier alpha value is -1.42. The molecule has 0 radical (unpaired) electrons. The summed E-state index contributed by atoms with van der Waals surface area (Å²) < 4.78 is 40.9. The minimum absolute atomic E-state index is 0.162. The second-order valence-electron chi connectivity index (χ2n) is 5.01. The highest BCUT2D eigenvalue weighted by atomic mass is 35.5. The molecule has 0 unspecified atom stereocenters. The molecule has 0 aliphatic heterocycles. The molecule has 0 bridgehead atoms. The molecule has 0 N–H and O–H groups in total. The normalized spacial score (nSPS) is 12.1. The summed E-state index contributed by atoms with van der Waals surface area (Å²) in [5, 5.41) is 7.40. The van der Waals surface area contributed by atoms with Crippen LogP contribution in [0.2, 0.25) is 5.02 Å². The zero-order valence-corrected chi connectivity index (χ0v) is 16.6. The maximum absolute atomic E-state index is 13.3. The molecule has 146 valence electrons. The van der Waals surface area contributed by atoms with Gasteiger partial charge in [-0.3, -0.25) is 4.68 Å². The second kappa shape index (κ2) is 9.18. The Balaban J connectivity index is 2.32. The predicted octanol–water partition coefficient (Wildman–Crippen LogP) is 5.07. The van der Waals surface area contributed by atoms with Crippen molar-refractivity contribution in [3.63, 3.8) is 0 Å². The number of benzene rings is 1. The number of hydrogen-bond acceptors (Lipinski definition) is 5. The molecule has 12 heteroatoms. The average Bonchev–Trinajstić information content (AvgIpc) is 2.90. The van der Waals surface area contributed by atoms with Gasteiger partial charge in [-0.15, -0.1) is 11.8 Å². The molecule has 0 spiro atoms. The van der Waals surface area contributed by atoms with Crippen molar-refractivity contribution in [2.24, 2.45) is 12.2 Å². The number of oxime groups is 1. The first-order valence-corrected chi connectivity index (χ1v) is 9.37. The van der Waals surface area contributed by atoms with E-state index in [1.807, 2.05) is 0 Å². The van der Waals surface area contributed by atoms with E-state index in [1.165, 1.54) is 7.05 Å². The van der Waals surface area contributed by atoms with Gasteiger partial charge < -0.3 is 4.84 Å². The molecule has 0 saturated heterocycles. The average molecular weight is 461 g/mol. The number of thioether (sulfide) groups is 1. The predicted molar refractivity (Wildman–Crippen MR) is 98.4 cm³/mol. The summed E-state index contributed by atoms with van der Waals surface area (Å²) in [7, 11) is 1.36. The van der Waals surface area contributed by atoms with Crippen LogP contribution in [-0.4, -0.2) is 26.8 Å². The van der Waals surface area contributed by atoms with Crippen molar-refractivity contribution in [1.29, 1.82) is 0 Å². The van der Waals surface area contributed by atoms with E-state index in [0.717, 1.165) is 28.2 Å². The molecule has 0 saturated carbocycles. The van der Waals surface area contributed by atoms with Gasteiger partial charge in [0.2, 0.25) is 4.84 Å². The van der Waals surface area contributed by atoms with Gasteiger partial charge in [0.15, 0.2) is 5.69 Å². The number of carbonyl (C=O) groups excluding carboxylic acids is 1. The standard InChI is InChI=1S/C15H11Cl3F3N3O2S/c1-24-13(27-7-8-4-2-3-5-10(8)16)9(11(23-24)15(19,20)21)6-22-26-14(25)12(17)18/h2-6,12H,7H2,1H3. The minimum Gasteiger partial charge on any atom is -0.315 e. The van der Waals surface area contributed by atoms with Crippen LogP contribution in [0, 0.1) is 0 Å². The van der Waals surface area contributed by atoms with Crippen LogP contribution in [0.1, 0.15) is 16.8 Å². The van der Waals surface area contributed by atoms with Crippen LogP contribution in [0.4, 0.5) is 13.2 Å². The van der Waals surface area contributed by atoms with E-state index in [-0.39, 0.29) is 10.6 Å². The Labute approximate surface area is 171 Å². The zero-order chi connectivity index (χ0) is 20.2. The lowest BCUT2D eigenvalue weighted by atomic mass is 10.2. The molecule has 2 rings (SSSR count). The number of carbonyl (C=O) groups is 1. The van der Waals surface area contributed by atoms with Gasteiger partial charge in [0, 0.05) is 17.8 Å². The molecule has 1 aromatic carbocycles. The summed E-state index contributed by atoms with van der Waals surface area (Å²) in [4.78, 5) is 14.0. The summed E-state index contributed by atoms with van der Waals surface area (Å²) in [5.74, 6) is -0.819. The van der Waals surface area contributed by atoms with Gasteiger partial charge in [0.05, 0.1) is 11.8 Å². The molecule has 0 atom stereocenters. The molecule has 5 nitrogen and oxygen atoms in total. The molecule has 2 aromatic rings. The van der Waals surface area contributed by atoms with E-state index in [1.54, 1.807) is 24.3 Å². The van der Waals surface area contributed by atoms with Crippen molar-refractivity contribution in [2.45, 2.75) is 21.8 Å². The smallest absolute Gasteiger partial charge is 0.315 e. The van der Waals surface area contributed by atoms with Crippen molar-refractivity contribution in [1.82, 2.24) is 9.78 Å². The lowest BCUT2D eigenvalue weighted by Gasteiger charge is -2.06. The van der Waals surface area contributed by atoms with E-state index in [9.17, 15) is 18.0 Å². The Kier molecular flexibility index (Phi) is 7.44. The monoisotopic (exact) mass is 459 g/mol. The van der Waals surface area contributed by atoms with Crippen molar-refractivity contribution >= 4 is 58.7 Å². The van der Waals surface area contributed by atoms with Crippen LogP contribution >= 0.6 is 46.6 Å². The molecule has 0 aliphatic carbocycles. The third-order valence-corrected chi connectivity index (χ3v) is 5.06. The van der Waals surface area contributed by atoms with Gasteiger partial charge in [-0.1, -0.05) is 58.2 Å². The zero-order valence-electron chi connectivity index (χ0n) is 13.5. The van der Waals surface area contributed by atoms with Gasteiger partial charge in [-0.25, -0.2) is 4.79 Å². The Morgan fingerprint density at radius 2 is 2.07 bits per heavy atom. The Morgan fingerprint density at radius 1 is 1.41 bits per heavy atom.